The number of carbonyl (C=O) groups is 1. The lowest BCUT2D eigenvalue weighted by Crippen LogP contribution is -2.15. The number of benzene rings is 1. The quantitative estimate of drug-likeness (QED) is 0.377. The van der Waals surface area contributed by atoms with Crippen molar-refractivity contribution < 1.29 is 9.53 Å². The lowest BCUT2D eigenvalue weighted by molar-refractivity contribution is 0.0319. The third-order valence-corrected chi connectivity index (χ3v) is 3.76. The Morgan fingerprint density at radius 1 is 1.21 bits per heavy atom. The van der Waals surface area contributed by atoms with Crippen LogP contribution in [-0.2, 0) is 10.1 Å². The standard InChI is InChI=1S/C16H23BrO2/c1-3-4-5-6-7-13(2)19-16(18)15-10-8-14(12-17)9-11-15/h8-11,13H,3-7,12H2,1-2H3. The van der Waals surface area contributed by atoms with E-state index in [0.717, 1.165) is 23.7 Å². The van der Waals surface area contributed by atoms with Gasteiger partial charge in [-0.15, -0.1) is 0 Å². The molecule has 1 aromatic carbocycles. The molecule has 1 unspecified atom stereocenters. The van der Waals surface area contributed by atoms with Crippen LogP contribution in [0.1, 0.15) is 61.9 Å². The Morgan fingerprint density at radius 3 is 2.47 bits per heavy atom. The van der Waals surface area contributed by atoms with Crippen molar-refractivity contribution in [2.24, 2.45) is 0 Å². The molecule has 0 aliphatic carbocycles. The minimum Gasteiger partial charge on any atom is -0.459 e. The Morgan fingerprint density at radius 2 is 1.89 bits per heavy atom. The van der Waals surface area contributed by atoms with Crippen molar-refractivity contribution in [1.29, 1.82) is 0 Å². The van der Waals surface area contributed by atoms with Gasteiger partial charge in [0.15, 0.2) is 0 Å². The van der Waals surface area contributed by atoms with Gasteiger partial charge < -0.3 is 4.74 Å². The van der Waals surface area contributed by atoms with Gasteiger partial charge in [-0.2, -0.15) is 0 Å². The van der Waals surface area contributed by atoms with Crippen LogP contribution in [0.4, 0.5) is 0 Å². The average molecular weight is 327 g/mol. The fraction of sp³-hybridized carbons (Fsp3) is 0.562. The van der Waals surface area contributed by atoms with Crippen molar-refractivity contribution in [3.05, 3.63) is 35.4 Å². The van der Waals surface area contributed by atoms with Crippen LogP contribution in [-0.4, -0.2) is 12.1 Å². The van der Waals surface area contributed by atoms with Crippen molar-refractivity contribution in [2.45, 2.75) is 57.4 Å². The topological polar surface area (TPSA) is 26.3 Å². The van der Waals surface area contributed by atoms with Crippen LogP contribution in [0.5, 0.6) is 0 Å². The molecular formula is C16H23BrO2. The van der Waals surface area contributed by atoms with Crippen molar-refractivity contribution >= 4 is 21.9 Å². The molecular weight excluding hydrogens is 304 g/mol. The third kappa shape index (κ3) is 6.24. The molecule has 0 radical (unpaired) electrons. The predicted octanol–water partition coefficient (Wildman–Crippen LogP) is 5.10. The second kappa shape index (κ2) is 9.13. The summed E-state index contributed by atoms with van der Waals surface area (Å²) in [5, 5.41) is 0.802. The SMILES string of the molecule is CCCCCCC(C)OC(=O)c1ccc(CBr)cc1. The molecule has 1 aromatic rings. The van der Waals surface area contributed by atoms with E-state index in [0.29, 0.717) is 5.56 Å². The zero-order valence-electron chi connectivity index (χ0n) is 11.8. The molecule has 0 N–H and O–H groups in total. The number of hydrogen-bond acceptors (Lipinski definition) is 2. The molecule has 0 spiro atoms. The van der Waals surface area contributed by atoms with Crippen molar-refractivity contribution in [3.63, 3.8) is 0 Å². The predicted molar refractivity (Wildman–Crippen MR) is 82.7 cm³/mol. The van der Waals surface area contributed by atoms with Gasteiger partial charge in [0.05, 0.1) is 11.7 Å². The van der Waals surface area contributed by atoms with E-state index in [1.54, 1.807) is 0 Å². The van der Waals surface area contributed by atoms with Crippen LogP contribution in [0, 0.1) is 0 Å². The van der Waals surface area contributed by atoms with Crippen LogP contribution in [0.15, 0.2) is 24.3 Å². The van der Waals surface area contributed by atoms with Gasteiger partial charge in [-0.1, -0.05) is 54.2 Å². The molecule has 0 saturated heterocycles. The highest BCUT2D eigenvalue weighted by Gasteiger charge is 2.11. The van der Waals surface area contributed by atoms with Crippen molar-refractivity contribution in [3.8, 4) is 0 Å². The summed E-state index contributed by atoms with van der Waals surface area (Å²) in [4.78, 5) is 11.9. The van der Waals surface area contributed by atoms with Gasteiger partial charge in [0.1, 0.15) is 0 Å². The fourth-order valence-electron chi connectivity index (χ4n) is 1.90. The highest BCUT2D eigenvalue weighted by molar-refractivity contribution is 9.08. The average Bonchev–Trinajstić information content (AvgIpc) is 2.43. The first-order valence-corrected chi connectivity index (χ1v) is 8.15. The molecule has 0 aromatic heterocycles. The molecule has 0 fully saturated rings. The second-order valence-electron chi connectivity index (χ2n) is 4.90. The minimum atomic E-state index is -0.218. The lowest BCUT2D eigenvalue weighted by atomic mass is 10.1. The molecule has 106 valence electrons. The van der Waals surface area contributed by atoms with Crippen LogP contribution < -0.4 is 0 Å². The number of hydrogen-bond donors (Lipinski definition) is 0. The van der Waals surface area contributed by atoms with Crippen molar-refractivity contribution in [2.75, 3.05) is 0 Å². The molecule has 1 rings (SSSR count). The highest BCUT2D eigenvalue weighted by Crippen LogP contribution is 2.12. The molecule has 0 saturated carbocycles. The Bertz CT molecular complexity index is 373. The number of unbranched alkanes of at least 4 members (excludes halogenated alkanes) is 3. The largest absolute Gasteiger partial charge is 0.459 e. The van der Waals surface area contributed by atoms with Crippen molar-refractivity contribution in [1.82, 2.24) is 0 Å². The molecule has 0 aliphatic heterocycles. The van der Waals surface area contributed by atoms with Crippen LogP contribution >= 0.6 is 15.9 Å². The number of ether oxygens (including phenoxy) is 1. The molecule has 0 heterocycles. The Balaban J connectivity index is 2.36. The van der Waals surface area contributed by atoms with E-state index in [1.165, 1.54) is 19.3 Å². The Labute approximate surface area is 124 Å². The summed E-state index contributed by atoms with van der Waals surface area (Å²) in [5.74, 6) is -0.218. The third-order valence-electron chi connectivity index (χ3n) is 3.12. The summed E-state index contributed by atoms with van der Waals surface area (Å²) in [5.41, 5.74) is 1.79. The fourth-order valence-corrected chi connectivity index (χ4v) is 2.27. The van der Waals surface area contributed by atoms with E-state index in [4.69, 9.17) is 4.74 Å². The summed E-state index contributed by atoms with van der Waals surface area (Å²) in [6.07, 6.45) is 5.79. The summed E-state index contributed by atoms with van der Waals surface area (Å²) < 4.78 is 5.44. The van der Waals surface area contributed by atoms with E-state index >= 15 is 0 Å². The van der Waals surface area contributed by atoms with Gasteiger partial charge in [-0.25, -0.2) is 4.79 Å². The van der Waals surface area contributed by atoms with Gasteiger partial charge in [0.25, 0.3) is 0 Å². The second-order valence-corrected chi connectivity index (χ2v) is 5.46. The number of halogens is 1. The van der Waals surface area contributed by atoms with E-state index in [1.807, 2.05) is 31.2 Å². The van der Waals surface area contributed by atoms with E-state index in [2.05, 4.69) is 22.9 Å². The van der Waals surface area contributed by atoms with E-state index in [-0.39, 0.29) is 12.1 Å². The van der Waals surface area contributed by atoms with Gasteiger partial charge in [0, 0.05) is 5.33 Å². The minimum absolute atomic E-state index is 0.000192. The van der Waals surface area contributed by atoms with Gasteiger partial charge in [0.2, 0.25) is 0 Å². The molecule has 3 heteroatoms. The molecule has 0 amide bonds. The normalized spacial score (nSPS) is 12.2. The van der Waals surface area contributed by atoms with Crippen LogP contribution in [0.25, 0.3) is 0 Å². The maximum absolute atomic E-state index is 11.9. The number of carbonyl (C=O) groups excluding carboxylic acids is 1. The maximum atomic E-state index is 11.9. The molecule has 0 aliphatic rings. The monoisotopic (exact) mass is 326 g/mol. The molecule has 0 bridgehead atoms. The summed E-state index contributed by atoms with van der Waals surface area (Å²) >= 11 is 3.38. The van der Waals surface area contributed by atoms with E-state index < -0.39 is 0 Å². The molecule has 1 atom stereocenters. The highest BCUT2D eigenvalue weighted by atomic mass is 79.9. The van der Waals surface area contributed by atoms with Gasteiger partial charge in [-0.3, -0.25) is 0 Å². The zero-order chi connectivity index (χ0) is 14.1. The maximum Gasteiger partial charge on any atom is 0.338 e. The van der Waals surface area contributed by atoms with Crippen LogP contribution in [0.3, 0.4) is 0 Å². The van der Waals surface area contributed by atoms with Gasteiger partial charge in [-0.05, 0) is 37.5 Å². The lowest BCUT2D eigenvalue weighted by Gasteiger charge is -2.13. The Hall–Kier alpha value is -0.830. The number of alkyl halides is 1. The first kappa shape index (κ1) is 16.2. The van der Waals surface area contributed by atoms with Crippen LogP contribution in [0.2, 0.25) is 0 Å². The first-order valence-electron chi connectivity index (χ1n) is 7.03. The number of esters is 1. The molecule has 2 nitrogen and oxygen atoms in total. The Kier molecular flexibility index (Phi) is 7.80. The summed E-state index contributed by atoms with van der Waals surface area (Å²) in [7, 11) is 0. The molecule has 19 heavy (non-hydrogen) atoms. The summed E-state index contributed by atoms with van der Waals surface area (Å²) in [6.45, 7) is 4.16. The smallest absolute Gasteiger partial charge is 0.338 e. The first-order chi connectivity index (χ1) is 9.17. The number of rotatable bonds is 8. The summed E-state index contributed by atoms with van der Waals surface area (Å²) in [6, 6.07) is 7.53. The zero-order valence-corrected chi connectivity index (χ0v) is 13.4. The van der Waals surface area contributed by atoms with E-state index in [9.17, 15) is 4.79 Å². The van der Waals surface area contributed by atoms with Gasteiger partial charge >= 0.3 is 5.97 Å².